The fourth-order valence-electron chi connectivity index (χ4n) is 2.92. The molecule has 5 aromatic rings. The Hall–Kier alpha value is -2.47. The van der Waals surface area contributed by atoms with Crippen molar-refractivity contribution in [3.63, 3.8) is 0 Å². The Kier molecular flexibility index (Phi) is 2.23. The highest BCUT2D eigenvalue weighted by Gasteiger charge is 2.18. The van der Waals surface area contributed by atoms with Crippen LogP contribution in [0.4, 0.5) is 0 Å². The van der Waals surface area contributed by atoms with Gasteiger partial charge in [-0.05, 0) is 12.1 Å². The van der Waals surface area contributed by atoms with E-state index in [-0.39, 0.29) is 0 Å². The van der Waals surface area contributed by atoms with Crippen LogP contribution in [0.1, 0.15) is 24.8 Å². The van der Waals surface area contributed by atoms with E-state index < -0.39 is 0 Å². The molecule has 0 aliphatic carbocycles. The number of hydrogen-bond acceptors (Lipinski definition) is 4. The van der Waals surface area contributed by atoms with Crippen LogP contribution in [0.5, 0.6) is 0 Å². The molecule has 0 unspecified atom stereocenters. The fourth-order valence-corrected chi connectivity index (χ4v) is 3.85. The third kappa shape index (κ3) is 1.40. The summed E-state index contributed by atoms with van der Waals surface area (Å²) in [6.45, 7) is 4.32. The maximum absolute atomic E-state index is 4.84. The normalized spacial score (nSPS) is 12.5. The Morgan fingerprint density at radius 3 is 2.82 bits per heavy atom. The number of para-hydroxylation sites is 1. The van der Waals surface area contributed by atoms with E-state index in [0.717, 1.165) is 37.8 Å². The van der Waals surface area contributed by atoms with Crippen molar-refractivity contribution in [1.82, 2.24) is 23.8 Å². The summed E-state index contributed by atoms with van der Waals surface area (Å²) in [6.07, 6.45) is 3.81. The Labute approximate surface area is 129 Å². The summed E-state index contributed by atoms with van der Waals surface area (Å²) in [5.41, 5.74) is 2.95. The molecule has 108 valence electrons. The molecule has 4 aromatic heterocycles. The SMILES string of the molecule is CC(C)c1nc2c(nc3c4ccccc4n4ccnc4n23)s1. The second-order valence-electron chi connectivity index (χ2n) is 5.72. The second-order valence-corrected chi connectivity index (χ2v) is 6.73. The van der Waals surface area contributed by atoms with Crippen LogP contribution < -0.4 is 0 Å². The first-order valence-corrected chi connectivity index (χ1v) is 8.08. The Morgan fingerprint density at radius 2 is 1.95 bits per heavy atom. The van der Waals surface area contributed by atoms with Crippen LogP contribution in [0.15, 0.2) is 36.7 Å². The van der Waals surface area contributed by atoms with E-state index in [1.165, 1.54) is 0 Å². The monoisotopic (exact) mass is 307 g/mol. The molecule has 22 heavy (non-hydrogen) atoms. The molecule has 0 amide bonds. The second kappa shape index (κ2) is 4.04. The van der Waals surface area contributed by atoms with Gasteiger partial charge in [0.05, 0.1) is 10.5 Å². The molecule has 0 radical (unpaired) electrons. The summed E-state index contributed by atoms with van der Waals surface area (Å²) >= 11 is 1.67. The molecule has 0 aliphatic heterocycles. The standard InChI is InChI=1S/C16H13N5S/c1-9(2)14-19-13-15(22-14)18-12-10-5-3-4-6-11(10)20-8-7-17-16(20)21(12)13/h3-9H,1-2H3. The van der Waals surface area contributed by atoms with Crippen molar-refractivity contribution >= 4 is 44.1 Å². The minimum absolute atomic E-state index is 0.408. The van der Waals surface area contributed by atoms with E-state index in [1.807, 2.05) is 24.5 Å². The van der Waals surface area contributed by atoms with Gasteiger partial charge >= 0.3 is 0 Å². The van der Waals surface area contributed by atoms with Gasteiger partial charge in [0.15, 0.2) is 16.1 Å². The van der Waals surface area contributed by atoms with Gasteiger partial charge in [0.2, 0.25) is 5.78 Å². The molecule has 0 fully saturated rings. The summed E-state index contributed by atoms with van der Waals surface area (Å²) < 4.78 is 4.16. The van der Waals surface area contributed by atoms with E-state index in [4.69, 9.17) is 9.97 Å². The summed E-state index contributed by atoms with van der Waals surface area (Å²) in [7, 11) is 0. The summed E-state index contributed by atoms with van der Waals surface area (Å²) in [4.78, 5) is 15.1. The molecule has 0 saturated carbocycles. The highest BCUT2D eigenvalue weighted by atomic mass is 32.1. The maximum atomic E-state index is 4.84. The largest absolute Gasteiger partial charge is 0.285 e. The van der Waals surface area contributed by atoms with Gasteiger partial charge in [-0.15, -0.1) is 0 Å². The molecule has 0 spiro atoms. The predicted molar refractivity (Wildman–Crippen MR) is 88.7 cm³/mol. The molecular weight excluding hydrogens is 294 g/mol. The number of aromatic nitrogens is 5. The third-order valence-corrected chi connectivity index (χ3v) is 5.20. The van der Waals surface area contributed by atoms with E-state index in [0.29, 0.717) is 5.92 Å². The highest BCUT2D eigenvalue weighted by molar-refractivity contribution is 7.18. The van der Waals surface area contributed by atoms with Crippen molar-refractivity contribution < 1.29 is 0 Å². The molecule has 0 atom stereocenters. The van der Waals surface area contributed by atoms with Gasteiger partial charge in [-0.25, -0.2) is 19.4 Å². The molecule has 5 rings (SSSR count). The van der Waals surface area contributed by atoms with Gasteiger partial charge < -0.3 is 0 Å². The van der Waals surface area contributed by atoms with Crippen molar-refractivity contribution in [1.29, 1.82) is 0 Å². The molecule has 0 N–H and O–H groups in total. The van der Waals surface area contributed by atoms with Gasteiger partial charge in [-0.1, -0.05) is 37.3 Å². The number of imidazole rings is 2. The van der Waals surface area contributed by atoms with Crippen molar-refractivity contribution in [2.45, 2.75) is 19.8 Å². The average molecular weight is 307 g/mol. The molecule has 1 aromatic carbocycles. The number of benzene rings is 1. The lowest BCUT2D eigenvalue weighted by molar-refractivity contribution is 0.854. The minimum Gasteiger partial charge on any atom is -0.285 e. The smallest absolute Gasteiger partial charge is 0.221 e. The molecule has 5 nitrogen and oxygen atoms in total. The summed E-state index contributed by atoms with van der Waals surface area (Å²) in [5.74, 6) is 1.27. The lowest BCUT2D eigenvalue weighted by Gasteiger charge is -2.05. The van der Waals surface area contributed by atoms with Gasteiger partial charge in [0.1, 0.15) is 0 Å². The molecule has 0 aliphatic rings. The first-order valence-electron chi connectivity index (χ1n) is 7.26. The molecule has 0 saturated heterocycles. The summed E-state index contributed by atoms with van der Waals surface area (Å²) in [6, 6.07) is 8.28. The minimum atomic E-state index is 0.408. The van der Waals surface area contributed by atoms with Crippen LogP contribution in [-0.2, 0) is 0 Å². The fraction of sp³-hybridized carbons (Fsp3) is 0.188. The van der Waals surface area contributed by atoms with Gasteiger partial charge in [0.25, 0.3) is 0 Å². The molecule has 0 bridgehead atoms. The first kappa shape index (κ1) is 12.1. The lowest BCUT2D eigenvalue weighted by Crippen LogP contribution is -1.98. The molecule has 4 heterocycles. The van der Waals surface area contributed by atoms with Crippen LogP contribution in [0.2, 0.25) is 0 Å². The topological polar surface area (TPSA) is 47.5 Å². The Balaban J connectivity index is 2.09. The van der Waals surface area contributed by atoms with Crippen molar-refractivity contribution in [2.24, 2.45) is 0 Å². The number of thiazole rings is 1. The zero-order chi connectivity index (χ0) is 14.8. The summed E-state index contributed by atoms with van der Waals surface area (Å²) in [5, 5.41) is 2.23. The van der Waals surface area contributed by atoms with Crippen LogP contribution in [0.25, 0.3) is 32.8 Å². The van der Waals surface area contributed by atoms with E-state index in [2.05, 4.69) is 39.8 Å². The number of fused-ring (bicyclic) bond motifs is 8. The van der Waals surface area contributed by atoms with Crippen molar-refractivity contribution in [3.8, 4) is 0 Å². The van der Waals surface area contributed by atoms with Crippen molar-refractivity contribution in [3.05, 3.63) is 41.7 Å². The van der Waals surface area contributed by atoms with Gasteiger partial charge in [0, 0.05) is 23.7 Å². The quantitative estimate of drug-likeness (QED) is 0.472. The number of rotatable bonds is 1. The van der Waals surface area contributed by atoms with Crippen LogP contribution in [-0.4, -0.2) is 23.8 Å². The average Bonchev–Trinajstić information content (AvgIpc) is 3.20. The van der Waals surface area contributed by atoms with E-state index >= 15 is 0 Å². The maximum Gasteiger partial charge on any atom is 0.221 e. The number of hydrogen-bond donors (Lipinski definition) is 0. The van der Waals surface area contributed by atoms with Crippen LogP contribution in [0.3, 0.4) is 0 Å². The van der Waals surface area contributed by atoms with Crippen molar-refractivity contribution in [2.75, 3.05) is 0 Å². The van der Waals surface area contributed by atoms with Gasteiger partial charge in [-0.2, -0.15) is 0 Å². The Morgan fingerprint density at radius 1 is 1.09 bits per heavy atom. The van der Waals surface area contributed by atoms with Gasteiger partial charge in [-0.3, -0.25) is 4.40 Å². The first-order chi connectivity index (χ1) is 10.7. The molecular formula is C16H13N5S. The molecule has 6 heteroatoms. The van der Waals surface area contributed by atoms with Crippen LogP contribution in [0, 0.1) is 0 Å². The van der Waals surface area contributed by atoms with E-state index in [9.17, 15) is 0 Å². The zero-order valence-electron chi connectivity index (χ0n) is 12.2. The zero-order valence-corrected chi connectivity index (χ0v) is 13.0. The highest BCUT2D eigenvalue weighted by Crippen LogP contribution is 2.31. The lowest BCUT2D eigenvalue weighted by atomic mass is 10.2. The Bertz CT molecular complexity index is 1160. The number of nitrogens with zero attached hydrogens (tertiary/aromatic N) is 5. The third-order valence-electron chi connectivity index (χ3n) is 3.96. The predicted octanol–water partition coefficient (Wildman–Crippen LogP) is 3.87. The van der Waals surface area contributed by atoms with Crippen LogP contribution >= 0.6 is 11.3 Å². The van der Waals surface area contributed by atoms with E-state index in [1.54, 1.807) is 11.3 Å².